The molecule has 4 nitrogen and oxygen atoms in total. The largest absolute Gasteiger partial charge is 0.497 e. The van der Waals surface area contributed by atoms with Crippen molar-refractivity contribution >= 4 is 17.0 Å². The highest BCUT2D eigenvalue weighted by Gasteiger charge is 2.01. The van der Waals surface area contributed by atoms with Crippen LogP contribution in [0.2, 0.25) is 0 Å². The van der Waals surface area contributed by atoms with Crippen LogP contribution in [0.4, 0.5) is 0 Å². The van der Waals surface area contributed by atoms with Gasteiger partial charge in [0.2, 0.25) is 6.08 Å². The molecule has 0 bridgehead atoms. The zero-order valence-electron chi connectivity index (χ0n) is 8.99. The number of carbonyl (C=O) groups excluding carboxylic acids is 1. The van der Waals surface area contributed by atoms with Crippen LogP contribution in [0.1, 0.15) is 5.69 Å². The van der Waals surface area contributed by atoms with Gasteiger partial charge in [-0.25, -0.2) is 9.79 Å². The van der Waals surface area contributed by atoms with Gasteiger partial charge < -0.3 is 9.72 Å². The molecule has 0 unspecified atom stereocenters. The molecule has 1 aromatic carbocycles. The molecule has 4 heteroatoms. The summed E-state index contributed by atoms with van der Waals surface area (Å²) in [5, 5.41) is 1.13. The number of aliphatic imine (C=N–C) groups is 1. The molecular weight excluding hydrogens is 204 g/mol. The lowest BCUT2D eigenvalue weighted by Gasteiger charge is -1.97. The molecule has 2 rings (SSSR count). The fourth-order valence-electron chi connectivity index (χ4n) is 1.65. The van der Waals surface area contributed by atoms with E-state index in [0.717, 1.165) is 22.3 Å². The van der Waals surface area contributed by atoms with Crippen molar-refractivity contribution in [2.75, 3.05) is 13.7 Å². The third-order valence-electron chi connectivity index (χ3n) is 2.44. The van der Waals surface area contributed by atoms with E-state index >= 15 is 0 Å². The van der Waals surface area contributed by atoms with Crippen molar-refractivity contribution in [2.45, 2.75) is 6.42 Å². The molecule has 0 fully saturated rings. The van der Waals surface area contributed by atoms with Gasteiger partial charge in [0, 0.05) is 23.7 Å². The fraction of sp³-hybridized carbons (Fsp3) is 0.250. The Bertz CT molecular complexity index is 539. The van der Waals surface area contributed by atoms with Crippen LogP contribution in [0.5, 0.6) is 5.75 Å². The van der Waals surface area contributed by atoms with Gasteiger partial charge in [0.25, 0.3) is 0 Å². The van der Waals surface area contributed by atoms with Crippen LogP contribution in [0.15, 0.2) is 29.3 Å². The lowest BCUT2D eigenvalue weighted by atomic mass is 10.2. The van der Waals surface area contributed by atoms with Gasteiger partial charge in [-0.05, 0) is 23.6 Å². The van der Waals surface area contributed by atoms with Crippen LogP contribution >= 0.6 is 0 Å². The number of ether oxygens (including phenoxy) is 1. The highest BCUT2D eigenvalue weighted by molar-refractivity contribution is 5.81. The molecule has 0 spiro atoms. The molecular formula is C12H12N2O2. The summed E-state index contributed by atoms with van der Waals surface area (Å²) in [6.45, 7) is 0.466. The van der Waals surface area contributed by atoms with Crippen molar-refractivity contribution in [1.82, 2.24) is 4.98 Å². The van der Waals surface area contributed by atoms with E-state index < -0.39 is 0 Å². The van der Waals surface area contributed by atoms with E-state index in [4.69, 9.17) is 4.74 Å². The van der Waals surface area contributed by atoms with E-state index in [1.165, 1.54) is 6.08 Å². The second-order valence-electron chi connectivity index (χ2n) is 3.47. The van der Waals surface area contributed by atoms with Crippen molar-refractivity contribution in [3.63, 3.8) is 0 Å². The molecule has 82 valence electrons. The van der Waals surface area contributed by atoms with E-state index in [9.17, 15) is 4.79 Å². The fourth-order valence-corrected chi connectivity index (χ4v) is 1.65. The molecule has 0 radical (unpaired) electrons. The zero-order valence-corrected chi connectivity index (χ0v) is 8.99. The lowest BCUT2D eigenvalue weighted by molar-refractivity contribution is 0.415. The van der Waals surface area contributed by atoms with E-state index in [2.05, 4.69) is 16.0 Å². The number of aromatic amines is 1. The van der Waals surface area contributed by atoms with Crippen LogP contribution < -0.4 is 4.74 Å². The SMILES string of the molecule is COc1ccc2cc(CCN=C=O)[nH]c2c1. The van der Waals surface area contributed by atoms with E-state index in [1.54, 1.807) is 7.11 Å². The van der Waals surface area contributed by atoms with Gasteiger partial charge in [0.15, 0.2) is 0 Å². The molecule has 0 aliphatic heterocycles. The number of fused-ring (bicyclic) bond motifs is 1. The molecule has 2 aromatic rings. The zero-order chi connectivity index (χ0) is 11.4. The van der Waals surface area contributed by atoms with Crippen LogP contribution in [0.3, 0.4) is 0 Å². The second-order valence-corrected chi connectivity index (χ2v) is 3.47. The van der Waals surface area contributed by atoms with Gasteiger partial charge in [0.05, 0.1) is 13.7 Å². The van der Waals surface area contributed by atoms with Gasteiger partial charge in [-0.15, -0.1) is 0 Å². The summed E-state index contributed by atoms with van der Waals surface area (Å²) in [5.74, 6) is 0.826. The first-order valence-electron chi connectivity index (χ1n) is 5.03. The number of hydrogen-bond acceptors (Lipinski definition) is 3. The minimum Gasteiger partial charge on any atom is -0.497 e. The monoisotopic (exact) mass is 216 g/mol. The van der Waals surface area contributed by atoms with Crippen LogP contribution in [-0.2, 0) is 11.2 Å². The van der Waals surface area contributed by atoms with E-state index in [-0.39, 0.29) is 0 Å². The Balaban J connectivity index is 2.25. The first kappa shape index (κ1) is 10.5. The summed E-state index contributed by atoms with van der Waals surface area (Å²) in [5.41, 5.74) is 2.09. The van der Waals surface area contributed by atoms with Gasteiger partial charge in [-0.1, -0.05) is 0 Å². The summed E-state index contributed by atoms with van der Waals surface area (Å²) in [6.07, 6.45) is 2.25. The molecule has 0 saturated carbocycles. The van der Waals surface area contributed by atoms with Crippen molar-refractivity contribution in [2.24, 2.45) is 4.99 Å². The maximum atomic E-state index is 9.93. The average molecular weight is 216 g/mol. The number of isocyanates is 1. The number of hydrogen-bond donors (Lipinski definition) is 1. The number of rotatable bonds is 4. The quantitative estimate of drug-likeness (QED) is 0.628. The Morgan fingerprint density at radius 2 is 2.31 bits per heavy atom. The molecule has 1 N–H and O–H groups in total. The maximum absolute atomic E-state index is 9.93. The summed E-state index contributed by atoms with van der Waals surface area (Å²) in [6, 6.07) is 7.91. The molecule has 0 aliphatic rings. The smallest absolute Gasteiger partial charge is 0.234 e. The summed E-state index contributed by atoms with van der Waals surface area (Å²) >= 11 is 0. The third kappa shape index (κ3) is 2.12. The molecule has 1 aromatic heterocycles. The molecule has 0 saturated heterocycles. The van der Waals surface area contributed by atoms with Crippen molar-refractivity contribution < 1.29 is 9.53 Å². The highest BCUT2D eigenvalue weighted by Crippen LogP contribution is 2.21. The van der Waals surface area contributed by atoms with Crippen LogP contribution in [-0.4, -0.2) is 24.7 Å². The first-order chi connectivity index (χ1) is 7.83. The number of methoxy groups -OCH3 is 1. The van der Waals surface area contributed by atoms with E-state index in [1.807, 2.05) is 18.2 Å². The topological polar surface area (TPSA) is 54.4 Å². The number of nitrogens with zero attached hydrogens (tertiary/aromatic N) is 1. The summed E-state index contributed by atoms with van der Waals surface area (Å²) in [7, 11) is 1.64. The number of H-pyrrole nitrogens is 1. The van der Waals surface area contributed by atoms with Gasteiger partial charge in [-0.2, -0.15) is 0 Å². The third-order valence-corrected chi connectivity index (χ3v) is 2.44. The highest BCUT2D eigenvalue weighted by atomic mass is 16.5. The average Bonchev–Trinajstić information content (AvgIpc) is 2.70. The Hall–Kier alpha value is -2.06. The molecule has 1 heterocycles. The molecule has 16 heavy (non-hydrogen) atoms. The molecule has 0 amide bonds. The number of aromatic nitrogens is 1. The molecule has 0 aliphatic carbocycles. The molecule has 0 atom stereocenters. The minimum absolute atomic E-state index is 0.466. The van der Waals surface area contributed by atoms with E-state index in [0.29, 0.717) is 13.0 Å². The first-order valence-corrected chi connectivity index (χ1v) is 5.03. The minimum atomic E-state index is 0.466. The normalized spacial score (nSPS) is 10.1. The number of benzene rings is 1. The van der Waals surface area contributed by atoms with Crippen LogP contribution in [0.25, 0.3) is 10.9 Å². The summed E-state index contributed by atoms with van der Waals surface area (Å²) < 4.78 is 5.14. The standard InChI is InChI=1S/C12H12N2O2/c1-16-11-3-2-9-6-10(4-5-13-8-15)14-12(9)7-11/h2-3,6-7,14H,4-5H2,1H3. The van der Waals surface area contributed by atoms with Gasteiger partial charge >= 0.3 is 0 Å². The Morgan fingerprint density at radius 3 is 3.06 bits per heavy atom. The number of nitrogens with one attached hydrogen (secondary N) is 1. The van der Waals surface area contributed by atoms with Crippen molar-refractivity contribution in [3.8, 4) is 5.75 Å². The second kappa shape index (κ2) is 4.64. The predicted octanol–water partition coefficient (Wildman–Crippen LogP) is 2.05. The van der Waals surface area contributed by atoms with Crippen molar-refractivity contribution in [1.29, 1.82) is 0 Å². The van der Waals surface area contributed by atoms with Gasteiger partial charge in [-0.3, -0.25) is 0 Å². The Kier molecular flexibility index (Phi) is 3.03. The van der Waals surface area contributed by atoms with Crippen LogP contribution in [0, 0.1) is 0 Å². The van der Waals surface area contributed by atoms with Crippen molar-refractivity contribution in [3.05, 3.63) is 30.0 Å². The lowest BCUT2D eigenvalue weighted by Crippen LogP contribution is -1.88. The summed E-state index contributed by atoms with van der Waals surface area (Å²) in [4.78, 5) is 16.7. The Morgan fingerprint density at radius 1 is 1.44 bits per heavy atom. The van der Waals surface area contributed by atoms with Gasteiger partial charge in [0.1, 0.15) is 5.75 Å². The predicted molar refractivity (Wildman–Crippen MR) is 61.5 cm³/mol. The maximum Gasteiger partial charge on any atom is 0.234 e. The Labute approximate surface area is 93.0 Å².